The summed E-state index contributed by atoms with van der Waals surface area (Å²) in [5.41, 5.74) is 0.994. The van der Waals surface area contributed by atoms with E-state index in [1.807, 2.05) is 0 Å². The normalized spacial score (nSPS) is 11.4. The van der Waals surface area contributed by atoms with Crippen LogP contribution >= 0.6 is 30.9 Å². The molecule has 2 heterocycles. The zero-order valence-corrected chi connectivity index (χ0v) is 14.5. The predicted octanol–water partition coefficient (Wildman–Crippen LogP) is 2.39. The largest absolute Gasteiger partial charge is 0.456 e. The van der Waals surface area contributed by atoms with Crippen LogP contribution in [0.2, 0.25) is 0 Å². The highest BCUT2D eigenvalue weighted by molar-refractivity contribution is 7.33. The fourth-order valence-corrected chi connectivity index (χ4v) is 4.67. The third kappa shape index (κ3) is 2.56. The number of para-hydroxylation sites is 2. The molecule has 0 aliphatic heterocycles. The molecule has 10 heteroatoms. The van der Waals surface area contributed by atoms with Crippen molar-refractivity contribution < 1.29 is 13.8 Å². The molecule has 0 aliphatic carbocycles. The molecular formula is C14H9N2O5PS2. The summed E-state index contributed by atoms with van der Waals surface area (Å²) in [6, 6.07) is 13.9. The van der Waals surface area contributed by atoms with Crippen molar-refractivity contribution in [3.8, 4) is 0 Å². The molecule has 4 aromatic rings. The number of benzene rings is 2. The average Bonchev–Trinajstić information content (AvgIpc) is 3.05. The maximum Gasteiger partial charge on any atom is 0.456 e. The number of aromatic nitrogens is 2. The maximum absolute atomic E-state index is 12.2. The molecule has 0 saturated heterocycles. The number of thiazole rings is 2. The van der Waals surface area contributed by atoms with Gasteiger partial charge in [-0.3, -0.25) is 9.59 Å². The van der Waals surface area contributed by atoms with E-state index in [1.165, 1.54) is 0 Å². The monoisotopic (exact) mass is 380 g/mol. The number of fused-ring (bicyclic) bond motifs is 2. The van der Waals surface area contributed by atoms with Crippen molar-refractivity contribution in [1.29, 1.82) is 0 Å². The molecule has 0 amide bonds. The molecule has 0 radical (unpaired) electrons. The van der Waals surface area contributed by atoms with Crippen LogP contribution in [0, 0.1) is 0 Å². The first-order chi connectivity index (χ1) is 11.6. The summed E-state index contributed by atoms with van der Waals surface area (Å²) >= 11 is 1.94. The lowest BCUT2D eigenvalue weighted by Crippen LogP contribution is -2.23. The summed E-state index contributed by atoms with van der Waals surface area (Å²) in [6.07, 6.45) is 0. The minimum Gasteiger partial charge on any atom is -0.320 e. The van der Waals surface area contributed by atoms with Gasteiger partial charge in [0.25, 0.3) is 0 Å². The van der Waals surface area contributed by atoms with Gasteiger partial charge >= 0.3 is 18.0 Å². The van der Waals surface area contributed by atoms with Gasteiger partial charge in [0.1, 0.15) is 11.0 Å². The Bertz CT molecular complexity index is 1100. The van der Waals surface area contributed by atoms with Crippen molar-refractivity contribution in [2.75, 3.05) is 0 Å². The van der Waals surface area contributed by atoms with Gasteiger partial charge in [-0.05, 0) is 24.3 Å². The van der Waals surface area contributed by atoms with Crippen LogP contribution in [0.5, 0.6) is 0 Å². The Hall–Kier alpha value is -2.35. The molecule has 0 fully saturated rings. The SMILES string of the molecule is O=c1sc2ccccc2n1O[PH](=O)On1c(=O)sc2ccccc21. The van der Waals surface area contributed by atoms with Crippen LogP contribution in [0.3, 0.4) is 0 Å². The molecule has 2 aromatic heterocycles. The summed E-state index contributed by atoms with van der Waals surface area (Å²) < 4.78 is 25.8. The molecular weight excluding hydrogens is 371 g/mol. The third-order valence-corrected chi connectivity index (χ3v) is 5.70. The number of hydrogen-bond donors (Lipinski definition) is 0. The summed E-state index contributed by atoms with van der Waals surface area (Å²) in [5, 5.41) is 0. The van der Waals surface area contributed by atoms with E-state index in [2.05, 4.69) is 0 Å². The molecule has 0 unspecified atom stereocenters. The Morgan fingerprint density at radius 1 is 0.750 bits per heavy atom. The van der Waals surface area contributed by atoms with E-state index in [0.717, 1.165) is 32.1 Å². The highest BCUT2D eigenvalue weighted by atomic mass is 32.1. The number of hydrogen-bond acceptors (Lipinski definition) is 7. The highest BCUT2D eigenvalue weighted by Gasteiger charge is 2.15. The molecule has 7 nitrogen and oxygen atoms in total. The summed E-state index contributed by atoms with van der Waals surface area (Å²) in [5.74, 6) is 0. The molecule has 2 aromatic carbocycles. The average molecular weight is 380 g/mol. The molecule has 0 atom stereocenters. The van der Waals surface area contributed by atoms with E-state index in [9.17, 15) is 14.2 Å². The smallest absolute Gasteiger partial charge is 0.320 e. The van der Waals surface area contributed by atoms with Crippen LogP contribution in [-0.2, 0) is 4.57 Å². The van der Waals surface area contributed by atoms with Crippen molar-refractivity contribution in [1.82, 2.24) is 9.46 Å². The Balaban J connectivity index is 1.67. The van der Waals surface area contributed by atoms with Crippen molar-refractivity contribution in [3.05, 3.63) is 67.9 Å². The second-order valence-corrected chi connectivity index (χ2v) is 7.54. The zero-order valence-electron chi connectivity index (χ0n) is 11.9. The van der Waals surface area contributed by atoms with E-state index in [0.29, 0.717) is 20.4 Å². The molecule has 0 bridgehead atoms. The van der Waals surface area contributed by atoms with E-state index in [4.69, 9.17) is 9.25 Å². The van der Waals surface area contributed by atoms with Gasteiger partial charge in [0.2, 0.25) is 0 Å². The Morgan fingerprint density at radius 2 is 1.17 bits per heavy atom. The fraction of sp³-hybridized carbons (Fsp3) is 0. The van der Waals surface area contributed by atoms with E-state index >= 15 is 0 Å². The van der Waals surface area contributed by atoms with Gasteiger partial charge in [-0.15, -0.1) is 9.46 Å². The van der Waals surface area contributed by atoms with Crippen LogP contribution in [-0.4, -0.2) is 9.46 Å². The van der Waals surface area contributed by atoms with Crippen LogP contribution < -0.4 is 19.0 Å². The van der Waals surface area contributed by atoms with Crippen molar-refractivity contribution >= 4 is 51.4 Å². The minimum atomic E-state index is -3.17. The second kappa shape index (κ2) is 5.94. The van der Waals surface area contributed by atoms with Crippen LogP contribution in [0.25, 0.3) is 20.4 Å². The first-order valence-corrected chi connectivity index (χ1v) is 9.61. The van der Waals surface area contributed by atoms with Crippen LogP contribution in [0.15, 0.2) is 58.1 Å². The highest BCUT2D eigenvalue weighted by Crippen LogP contribution is 2.23. The Labute approximate surface area is 142 Å². The lowest BCUT2D eigenvalue weighted by atomic mass is 10.3. The van der Waals surface area contributed by atoms with Gasteiger partial charge in [0, 0.05) is 0 Å². The van der Waals surface area contributed by atoms with Crippen LogP contribution in [0.1, 0.15) is 0 Å². The van der Waals surface area contributed by atoms with Crippen molar-refractivity contribution in [3.63, 3.8) is 0 Å². The van der Waals surface area contributed by atoms with Gasteiger partial charge in [-0.25, -0.2) is 4.57 Å². The number of nitrogens with zero attached hydrogens (tertiary/aromatic N) is 2. The molecule has 0 saturated carbocycles. The van der Waals surface area contributed by atoms with Gasteiger partial charge < -0.3 is 9.25 Å². The first kappa shape index (κ1) is 15.2. The van der Waals surface area contributed by atoms with Gasteiger partial charge in [-0.1, -0.05) is 46.9 Å². The number of rotatable bonds is 4. The molecule has 122 valence electrons. The molecule has 4 rings (SSSR count). The molecule has 0 N–H and O–H groups in total. The summed E-state index contributed by atoms with van der Waals surface area (Å²) in [6.45, 7) is 0. The van der Waals surface area contributed by atoms with Crippen LogP contribution in [0.4, 0.5) is 0 Å². The first-order valence-electron chi connectivity index (χ1n) is 6.75. The van der Waals surface area contributed by atoms with Gasteiger partial charge in [0.15, 0.2) is 0 Å². The van der Waals surface area contributed by atoms with E-state index < -0.39 is 18.0 Å². The Kier molecular flexibility index (Phi) is 3.76. The van der Waals surface area contributed by atoms with Crippen molar-refractivity contribution in [2.24, 2.45) is 0 Å². The zero-order chi connectivity index (χ0) is 16.7. The topological polar surface area (TPSA) is 79.5 Å². The molecule has 24 heavy (non-hydrogen) atoms. The fourth-order valence-electron chi connectivity index (χ4n) is 2.23. The van der Waals surface area contributed by atoms with E-state index in [-0.39, 0.29) is 0 Å². The third-order valence-electron chi connectivity index (χ3n) is 3.23. The molecule has 0 aliphatic rings. The summed E-state index contributed by atoms with van der Waals surface area (Å²) in [4.78, 5) is 23.1. The quantitative estimate of drug-likeness (QED) is 0.508. The minimum absolute atomic E-state index is 0.416. The standard InChI is InChI=1S/C14H9N2O5PS2/c17-13-15(9-5-1-3-7-11(9)23-13)20-22(19)21-16-10-6-2-4-8-12(10)24-14(16)18/h1-8,22H. The predicted molar refractivity (Wildman–Crippen MR) is 94.3 cm³/mol. The molecule has 0 spiro atoms. The summed E-state index contributed by atoms with van der Waals surface area (Å²) in [7, 11) is -3.17. The lowest BCUT2D eigenvalue weighted by Gasteiger charge is -2.08. The Morgan fingerprint density at radius 3 is 1.62 bits per heavy atom. The van der Waals surface area contributed by atoms with E-state index in [1.54, 1.807) is 48.5 Å². The lowest BCUT2D eigenvalue weighted by molar-refractivity contribution is 0.199. The van der Waals surface area contributed by atoms with Gasteiger partial charge in [0.05, 0.1) is 9.40 Å². The van der Waals surface area contributed by atoms with Gasteiger partial charge in [-0.2, -0.15) is 0 Å². The maximum atomic E-state index is 12.2. The van der Waals surface area contributed by atoms with Crippen molar-refractivity contribution in [2.45, 2.75) is 0 Å². The second-order valence-electron chi connectivity index (χ2n) is 4.69.